The SMILES string of the molecule is CC(C)C(NS(=O)(=O)c1cccc2nsnc12)C(=O)N(C)C. The van der Waals surface area contributed by atoms with Crippen molar-refractivity contribution in [3.63, 3.8) is 0 Å². The highest BCUT2D eigenvalue weighted by Gasteiger charge is 2.30. The number of sulfonamides is 1. The maximum absolute atomic E-state index is 12.6. The summed E-state index contributed by atoms with van der Waals surface area (Å²) < 4.78 is 35.8. The van der Waals surface area contributed by atoms with Crippen LogP contribution in [0.3, 0.4) is 0 Å². The Morgan fingerprint density at radius 3 is 2.55 bits per heavy atom. The number of nitrogens with zero attached hydrogens (tertiary/aromatic N) is 3. The Balaban J connectivity index is 2.42. The zero-order chi connectivity index (χ0) is 16.5. The molecule has 1 aromatic carbocycles. The number of nitrogens with one attached hydrogen (secondary N) is 1. The Labute approximate surface area is 133 Å². The number of hydrogen-bond donors (Lipinski definition) is 1. The molecule has 0 fully saturated rings. The van der Waals surface area contributed by atoms with E-state index < -0.39 is 16.1 Å². The molecule has 0 aliphatic heterocycles. The summed E-state index contributed by atoms with van der Waals surface area (Å²) in [5, 5.41) is 0. The zero-order valence-corrected chi connectivity index (χ0v) is 14.4. The third kappa shape index (κ3) is 3.26. The van der Waals surface area contributed by atoms with E-state index in [9.17, 15) is 13.2 Å². The van der Waals surface area contributed by atoms with Crippen LogP contribution in [0.1, 0.15) is 13.8 Å². The Morgan fingerprint density at radius 2 is 1.95 bits per heavy atom. The molecule has 120 valence electrons. The van der Waals surface area contributed by atoms with Crippen LogP contribution in [0.2, 0.25) is 0 Å². The fraction of sp³-hybridized carbons (Fsp3) is 0.462. The van der Waals surface area contributed by atoms with Gasteiger partial charge in [0.15, 0.2) is 0 Å². The summed E-state index contributed by atoms with van der Waals surface area (Å²) in [6, 6.07) is 3.94. The quantitative estimate of drug-likeness (QED) is 0.878. The molecule has 2 rings (SSSR count). The average Bonchev–Trinajstić information content (AvgIpc) is 2.91. The topological polar surface area (TPSA) is 92.3 Å². The highest BCUT2D eigenvalue weighted by Crippen LogP contribution is 2.22. The normalized spacial score (nSPS) is 13.5. The molecule has 0 aliphatic carbocycles. The van der Waals surface area contributed by atoms with Crippen LogP contribution in [-0.2, 0) is 14.8 Å². The first kappa shape index (κ1) is 16.8. The van der Waals surface area contributed by atoms with E-state index in [1.807, 2.05) is 0 Å². The molecule has 0 aliphatic rings. The lowest BCUT2D eigenvalue weighted by Gasteiger charge is -2.24. The number of amides is 1. The van der Waals surface area contributed by atoms with Crippen LogP contribution in [-0.4, -0.2) is 48.1 Å². The van der Waals surface area contributed by atoms with Gasteiger partial charge in [-0.2, -0.15) is 13.5 Å². The number of fused-ring (bicyclic) bond motifs is 1. The molecule has 0 saturated carbocycles. The van der Waals surface area contributed by atoms with E-state index in [-0.39, 0.29) is 16.7 Å². The first-order valence-electron chi connectivity index (χ1n) is 6.69. The second-order valence-electron chi connectivity index (χ2n) is 5.46. The molecule has 0 radical (unpaired) electrons. The number of benzene rings is 1. The molecular formula is C13H18N4O3S2. The van der Waals surface area contributed by atoms with E-state index in [1.54, 1.807) is 40.1 Å². The molecule has 0 bridgehead atoms. The summed E-state index contributed by atoms with van der Waals surface area (Å²) in [6.45, 7) is 3.58. The van der Waals surface area contributed by atoms with E-state index in [0.717, 1.165) is 11.7 Å². The van der Waals surface area contributed by atoms with Gasteiger partial charge in [0, 0.05) is 14.1 Å². The summed E-state index contributed by atoms with van der Waals surface area (Å²) in [4.78, 5) is 13.6. The summed E-state index contributed by atoms with van der Waals surface area (Å²) in [5.74, 6) is -0.473. The van der Waals surface area contributed by atoms with Crippen molar-refractivity contribution in [2.24, 2.45) is 5.92 Å². The maximum Gasteiger partial charge on any atom is 0.243 e. The fourth-order valence-corrected chi connectivity index (χ4v) is 4.08. The zero-order valence-electron chi connectivity index (χ0n) is 12.8. The average molecular weight is 342 g/mol. The van der Waals surface area contributed by atoms with Crippen LogP contribution in [0.15, 0.2) is 23.1 Å². The van der Waals surface area contributed by atoms with Gasteiger partial charge in [-0.25, -0.2) is 8.42 Å². The summed E-state index contributed by atoms with van der Waals surface area (Å²) in [5.41, 5.74) is 0.840. The number of likely N-dealkylation sites (N-methyl/N-ethyl adjacent to an activating group) is 1. The number of carbonyl (C=O) groups excluding carboxylic acids is 1. The van der Waals surface area contributed by atoms with E-state index in [1.165, 1.54) is 11.0 Å². The second-order valence-corrected chi connectivity index (χ2v) is 7.67. The molecule has 1 unspecified atom stereocenters. The molecular weight excluding hydrogens is 324 g/mol. The first-order valence-corrected chi connectivity index (χ1v) is 8.90. The van der Waals surface area contributed by atoms with Crippen molar-refractivity contribution in [1.29, 1.82) is 0 Å². The standard InChI is InChI=1S/C13H18N4O3S2/c1-8(2)11(13(18)17(3)4)16-22(19,20)10-7-5-6-9-12(10)15-21-14-9/h5-8,11,16H,1-4H3. The van der Waals surface area contributed by atoms with Crippen LogP contribution in [0.25, 0.3) is 11.0 Å². The van der Waals surface area contributed by atoms with Crippen LogP contribution in [0.4, 0.5) is 0 Å². The molecule has 0 saturated heterocycles. The van der Waals surface area contributed by atoms with Crippen LogP contribution in [0, 0.1) is 5.92 Å². The Morgan fingerprint density at radius 1 is 1.27 bits per heavy atom. The molecule has 0 spiro atoms. The molecule has 1 heterocycles. The van der Waals surface area contributed by atoms with Gasteiger partial charge in [0.25, 0.3) is 0 Å². The van der Waals surface area contributed by atoms with Crippen molar-refractivity contribution < 1.29 is 13.2 Å². The van der Waals surface area contributed by atoms with Gasteiger partial charge in [0.2, 0.25) is 15.9 Å². The number of carbonyl (C=O) groups is 1. The first-order chi connectivity index (χ1) is 10.2. The molecule has 9 heteroatoms. The number of aromatic nitrogens is 2. The fourth-order valence-electron chi connectivity index (χ4n) is 1.98. The summed E-state index contributed by atoms with van der Waals surface area (Å²) in [6.07, 6.45) is 0. The van der Waals surface area contributed by atoms with Crippen molar-refractivity contribution >= 4 is 38.7 Å². The molecule has 1 aromatic heterocycles. The van der Waals surface area contributed by atoms with Gasteiger partial charge in [-0.15, -0.1) is 0 Å². The van der Waals surface area contributed by atoms with Gasteiger partial charge >= 0.3 is 0 Å². The van der Waals surface area contributed by atoms with Gasteiger partial charge in [-0.1, -0.05) is 19.9 Å². The summed E-state index contributed by atoms with van der Waals surface area (Å²) in [7, 11) is -0.684. The second kappa shape index (κ2) is 6.27. The Hall–Kier alpha value is -1.58. The van der Waals surface area contributed by atoms with E-state index >= 15 is 0 Å². The smallest absolute Gasteiger partial charge is 0.243 e. The molecule has 1 atom stereocenters. The summed E-state index contributed by atoms with van der Waals surface area (Å²) >= 11 is 0.952. The predicted molar refractivity (Wildman–Crippen MR) is 85.1 cm³/mol. The van der Waals surface area contributed by atoms with E-state index in [0.29, 0.717) is 11.0 Å². The van der Waals surface area contributed by atoms with Crippen LogP contribution < -0.4 is 4.72 Å². The minimum atomic E-state index is -3.87. The number of rotatable bonds is 5. The van der Waals surface area contributed by atoms with Crippen molar-refractivity contribution in [3.05, 3.63) is 18.2 Å². The van der Waals surface area contributed by atoms with Crippen molar-refractivity contribution in [3.8, 4) is 0 Å². The predicted octanol–water partition coefficient (Wildman–Crippen LogP) is 1.08. The van der Waals surface area contributed by atoms with Gasteiger partial charge in [0.1, 0.15) is 22.0 Å². The largest absolute Gasteiger partial charge is 0.347 e. The van der Waals surface area contributed by atoms with Gasteiger partial charge < -0.3 is 4.90 Å². The van der Waals surface area contributed by atoms with Gasteiger partial charge in [-0.3, -0.25) is 4.79 Å². The molecule has 1 N–H and O–H groups in total. The van der Waals surface area contributed by atoms with Crippen LogP contribution in [0.5, 0.6) is 0 Å². The molecule has 1 amide bonds. The highest BCUT2D eigenvalue weighted by atomic mass is 32.2. The van der Waals surface area contributed by atoms with Crippen molar-refractivity contribution in [2.45, 2.75) is 24.8 Å². The molecule has 2 aromatic rings. The lowest BCUT2D eigenvalue weighted by atomic mass is 10.0. The third-order valence-electron chi connectivity index (χ3n) is 3.19. The highest BCUT2D eigenvalue weighted by molar-refractivity contribution is 7.89. The molecule has 7 nitrogen and oxygen atoms in total. The van der Waals surface area contributed by atoms with E-state index in [2.05, 4.69) is 13.5 Å². The minimum absolute atomic E-state index is 0.0379. The lowest BCUT2D eigenvalue weighted by molar-refractivity contribution is -0.131. The van der Waals surface area contributed by atoms with Gasteiger partial charge in [-0.05, 0) is 18.1 Å². The van der Waals surface area contributed by atoms with Crippen LogP contribution >= 0.6 is 11.7 Å². The van der Waals surface area contributed by atoms with E-state index in [4.69, 9.17) is 0 Å². The lowest BCUT2D eigenvalue weighted by Crippen LogP contribution is -2.49. The maximum atomic E-state index is 12.6. The Kier molecular flexibility index (Phi) is 4.78. The Bertz CT molecular complexity index is 783. The van der Waals surface area contributed by atoms with Gasteiger partial charge in [0.05, 0.1) is 11.7 Å². The number of hydrogen-bond acceptors (Lipinski definition) is 6. The van der Waals surface area contributed by atoms with Crippen molar-refractivity contribution in [2.75, 3.05) is 14.1 Å². The molecule has 22 heavy (non-hydrogen) atoms. The monoisotopic (exact) mass is 342 g/mol. The van der Waals surface area contributed by atoms with Crippen molar-refractivity contribution in [1.82, 2.24) is 18.4 Å². The third-order valence-corrected chi connectivity index (χ3v) is 5.21. The minimum Gasteiger partial charge on any atom is -0.347 e.